The lowest BCUT2D eigenvalue weighted by atomic mass is 10.0. The highest BCUT2D eigenvalue weighted by atomic mass is 16.6. The minimum absolute atomic E-state index is 0.00929. The van der Waals surface area contributed by atoms with Crippen LogP contribution in [0.5, 0.6) is 11.8 Å². The van der Waals surface area contributed by atoms with E-state index in [-0.39, 0.29) is 17.7 Å². The summed E-state index contributed by atoms with van der Waals surface area (Å²) in [6, 6.07) is 5.14. The second kappa shape index (κ2) is 4.69. The number of aromatic nitrogens is 1. The smallest absolute Gasteiger partial charge is 0.399 e. The van der Waals surface area contributed by atoms with Crippen LogP contribution in [-0.2, 0) is 11.2 Å². The molecule has 0 fully saturated rings. The van der Waals surface area contributed by atoms with Crippen LogP contribution >= 0.6 is 0 Å². The lowest BCUT2D eigenvalue weighted by Gasteiger charge is -2.17. The molecule has 0 spiro atoms. The molecular weight excluding hydrogens is 264 g/mol. The second-order valence-corrected chi connectivity index (χ2v) is 4.27. The van der Waals surface area contributed by atoms with Crippen molar-refractivity contribution < 1.29 is 23.8 Å². The fourth-order valence-electron chi connectivity index (χ4n) is 1.93. The number of anilines is 1. The number of aryl methyl sites for hydroxylation is 1. The third-order valence-electron chi connectivity index (χ3n) is 2.88. The van der Waals surface area contributed by atoms with Gasteiger partial charge in [-0.1, -0.05) is 0 Å². The monoisotopic (exact) mass is 274 g/mol. The molecule has 2 heterocycles. The van der Waals surface area contributed by atoms with E-state index >= 15 is 0 Å². The fraction of sp³-hybridized carbons (Fsp3) is 0.154. The molecule has 2 N–H and O–H groups in total. The molecule has 0 saturated carbocycles. The average molecular weight is 274 g/mol. The number of amides is 1. The molecule has 0 bridgehead atoms. The predicted octanol–water partition coefficient (Wildman–Crippen LogP) is 2.05. The molecule has 0 aliphatic carbocycles. The van der Waals surface area contributed by atoms with Crippen molar-refractivity contribution in [3.8, 4) is 11.8 Å². The Labute approximate surface area is 113 Å². The highest BCUT2D eigenvalue weighted by molar-refractivity contribution is 5.94. The Bertz CT molecular complexity index is 692. The number of fused-ring (bicyclic) bond motifs is 1. The number of carboxylic acid groups (broad SMARTS) is 1. The Balaban J connectivity index is 1.80. The van der Waals surface area contributed by atoms with Crippen molar-refractivity contribution in [3.63, 3.8) is 0 Å². The van der Waals surface area contributed by atoms with Gasteiger partial charge in [0.25, 0.3) is 0 Å². The summed E-state index contributed by atoms with van der Waals surface area (Å²) in [7, 11) is 0. The highest BCUT2D eigenvalue weighted by Crippen LogP contribution is 2.29. The molecule has 0 unspecified atom stereocenters. The van der Waals surface area contributed by atoms with E-state index in [1.165, 1.54) is 0 Å². The van der Waals surface area contributed by atoms with Crippen LogP contribution in [0.4, 0.5) is 5.69 Å². The Morgan fingerprint density at radius 1 is 1.40 bits per heavy atom. The summed E-state index contributed by atoms with van der Waals surface area (Å²) in [6.07, 6.45) is 1.93. The standard InChI is InChI=1S/C13H10N2O5/c16-11-4-1-7-5-8(2-3-9(7)14-11)20-13-15-10(6-19-13)12(17)18/h2-3,5-6H,1,4H2,(H,14,16)(H,17,18). The molecule has 1 amide bonds. The number of carboxylic acids is 1. The largest absolute Gasteiger partial charge is 0.476 e. The normalized spacial score (nSPS) is 13.5. The van der Waals surface area contributed by atoms with Gasteiger partial charge in [0.05, 0.1) is 0 Å². The van der Waals surface area contributed by atoms with Gasteiger partial charge in [-0.05, 0) is 30.2 Å². The third kappa shape index (κ3) is 2.33. The van der Waals surface area contributed by atoms with Gasteiger partial charge in [0, 0.05) is 12.1 Å². The van der Waals surface area contributed by atoms with Crippen LogP contribution in [-0.4, -0.2) is 22.0 Å². The van der Waals surface area contributed by atoms with Gasteiger partial charge in [0.1, 0.15) is 12.0 Å². The molecule has 1 aliphatic rings. The summed E-state index contributed by atoms with van der Waals surface area (Å²) < 4.78 is 10.3. The Kier molecular flexibility index (Phi) is 2.86. The van der Waals surface area contributed by atoms with Crippen LogP contribution in [0.3, 0.4) is 0 Å². The number of nitrogens with one attached hydrogen (secondary N) is 1. The van der Waals surface area contributed by atoms with Crippen molar-refractivity contribution in [3.05, 3.63) is 35.7 Å². The van der Waals surface area contributed by atoms with Gasteiger partial charge in [0.15, 0.2) is 5.69 Å². The van der Waals surface area contributed by atoms with E-state index in [2.05, 4.69) is 10.3 Å². The number of carbonyl (C=O) groups is 2. The van der Waals surface area contributed by atoms with Crippen molar-refractivity contribution in [2.24, 2.45) is 0 Å². The molecule has 0 radical (unpaired) electrons. The van der Waals surface area contributed by atoms with Crippen LogP contribution in [0.2, 0.25) is 0 Å². The topological polar surface area (TPSA) is 102 Å². The molecule has 20 heavy (non-hydrogen) atoms. The first-order chi connectivity index (χ1) is 9.61. The maximum atomic E-state index is 11.2. The van der Waals surface area contributed by atoms with E-state index in [4.69, 9.17) is 14.3 Å². The fourth-order valence-corrected chi connectivity index (χ4v) is 1.93. The van der Waals surface area contributed by atoms with Crippen molar-refractivity contribution >= 4 is 17.6 Å². The number of benzene rings is 1. The van der Waals surface area contributed by atoms with Crippen molar-refractivity contribution in [1.82, 2.24) is 4.98 Å². The summed E-state index contributed by atoms with van der Waals surface area (Å²) >= 11 is 0. The number of oxazole rings is 1. The van der Waals surface area contributed by atoms with Gasteiger partial charge in [-0.3, -0.25) is 4.79 Å². The molecule has 1 aliphatic heterocycles. The zero-order valence-corrected chi connectivity index (χ0v) is 10.3. The second-order valence-electron chi connectivity index (χ2n) is 4.27. The quantitative estimate of drug-likeness (QED) is 0.888. The van der Waals surface area contributed by atoms with E-state index in [0.717, 1.165) is 17.5 Å². The number of carbonyl (C=O) groups excluding carboxylic acids is 1. The lowest BCUT2D eigenvalue weighted by molar-refractivity contribution is -0.116. The highest BCUT2D eigenvalue weighted by Gasteiger charge is 2.16. The summed E-state index contributed by atoms with van der Waals surface area (Å²) in [6.45, 7) is 0. The van der Waals surface area contributed by atoms with E-state index in [0.29, 0.717) is 18.6 Å². The first-order valence-corrected chi connectivity index (χ1v) is 5.91. The van der Waals surface area contributed by atoms with Crippen LogP contribution in [0, 0.1) is 0 Å². The zero-order valence-electron chi connectivity index (χ0n) is 10.3. The number of hydrogen-bond acceptors (Lipinski definition) is 5. The lowest BCUT2D eigenvalue weighted by Crippen LogP contribution is -2.18. The molecule has 0 atom stereocenters. The van der Waals surface area contributed by atoms with Gasteiger partial charge in [-0.2, -0.15) is 4.98 Å². The summed E-state index contributed by atoms with van der Waals surface area (Å²) in [5.74, 6) is -0.722. The molecule has 1 aromatic carbocycles. The minimum Gasteiger partial charge on any atom is -0.476 e. The first-order valence-electron chi connectivity index (χ1n) is 5.91. The Morgan fingerprint density at radius 3 is 3.00 bits per heavy atom. The van der Waals surface area contributed by atoms with Crippen molar-refractivity contribution in [1.29, 1.82) is 0 Å². The molecule has 7 nitrogen and oxygen atoms in total. The maximum absolute atomic E-state index is 11.2. The predicted molar refractivity (Wildman–Crippen MR) is 66.9 cm³/mol. The molecule has 2 aromatic rings. The minimum atomic E-state index is -1.18. The molecular formula is C13H10N2O5. The zero-order chi connectivity index (χ0) is 14.1. The number of nitrogens with zero attached hydrogens (tertiary/aromatic N) is 1. The van der Waals surface area contributed by atoms with Gasteiger partial charge >= 0.3 is 12.0 Å². The first kappa shape index (κ1) is 12.2. The summed E-state index contributed by atoms with van der Waals surface area (Å²) in [4.78, 5) is 25.6. The summed E-state index contributed by atoms with van der Waals surface area (Å²) in [5.41, 5.74) is 1.49. The Morgan fingerprint density at radius 2 is 2.25 bits per heavy atom. The van der Waals surface area contributed by atoms with Gasteiger partial charge in [-0.25, -0.2) is 4.79 Å². The maximum Gasteiger partial charge on any atom is 0.399 e. The molecule has 3 rings (SSSR count). The van der Waals surface area contributed by atoms with Crippen LogP contribution in [0.1, 0.15) is 22.5 Å². The molecule has 0 saturated heterocycles. The van der Waals surface area contributed by atoms with Crippen LogP contribution in [0.25, 0.3) is 0 Å². The average Bonchev–Trinajstić information content (AvgIpc) is 2.88. The van der Waals surface area contributed by atoms with Gasteiger partial charge < -0.3 is 19.6 Å². The number of rotatable bonds is 3. The number of ether oxygens (including phenoxy) is 1. The van der Waals surface area contributed by atoms with Gasteiger partial charge in [0.2, 0.25) is 5.91 Å². The van der Waals surface area contributed by atoms with Crippen LogP contribution < -0.4 is 10.1 Å². The SMILES string of the molecule is O=C1CCc2cc(Oc3nc(C(=O)O)co3)ccc2N1. The number of hydrogen-bond donors (Lipinski definition) is 2. The van der Waals surface area contributed by atoms with Crippen LogP contribution in [0.15, 0.2) is 28.9 Å². The van der Waals surface area contributed by atoms with E-state index in [1.807, 2.05) is 0 Å². The molecule has 102 valence electrons. The number of aromatic carboxylic acids is 1. The van der Waals surface area contributed by atoms with Crippen molar-refractivity contribution in [2.75, 3.05) is 5.32 Å². The van der Waals surface area contributed by atoms with Crippen molar-refractivity contribution in [2.45, 2.75) is 12.8 Å². The van der Waals surface area contributed by atoms with E-state index in [1.54, 1.807) is 18.2 Å². The van der Waals surface area contributed by atoms with E-state index < -0.39 is 5.97 Å². The molecule has 7 heteroatoms. The Hall–Kier alpha value is -2.83. The summed E-state index contributed by atoms with van der Waals surface area (Å²) in [5, 5.41) is 11.5. The third-order valence-corrected chi connectivity index (χ3v) is 2.88. The van der Waals surface area contributed by atoms with E-state index in [9.17, 15) is 9.59 Å². The van der Waals surface area contributed by atoms with Gasteiger partial charge in [-0.15, -0.1) is 0 Å². The molecule has 1 aromatic heterocycles.